The molecule has 2 aromatic carbocycles. The minimum atomic E-state index is -3.86. The number of hydrogen-bond acceptors (Lipinski definition) is 3. The van der Waals surface area contributed by atoms with Crippen LogP contribution in [0.25, 0.3) is 0 Å². The van der Waals surface area contributed by atoms with Crippen molar-refractivity contribution in [3.8, 4) is 0 Å². The van der Waals surface area contributed by atoms with E-state index < -0.39 is 10.0 Å². The van der Waals surface area contributed by atoms with Crippen LogP contribution >= 0.6 is 0 Å². The zero-order valence-corrected chi connectivity index (χ0v) is 16.8. The Kier molecular flexibility index (Phi) is 5.40. The molecule has 0 atom stereocenters. The molecule has 1 amide bonds. The quantitative estimate of drug-likeness (QED) is 0.824. The molecule has 0 radical (unpaired) electrons. The van der Waals surface area contributed by atoms with E-state index in [9.17, 15) is 13.2 Å². The Balaban J connectivity index is 1.86. The topological polar surface area (TPSA) is 80.5 Å². The Bertz CT molecular complexity index is 946. The van der Waals surface area contributed by atoms with E-state index in [4.69, 9.17) is 5.14 Å². The summed E-state index contributed by atoms with van der Waals surface area (Å²) in [7, 11) is -3.86. The number of nitrogens with zero attached hydrogens (tertiary/aromatic N) is 1. The summed E-state index contributed by atoms with van der Waals surface area (Å²) in [4.78, 5) is 14.9. The molecule has 2 N–H and O–H groups in total. The van der Waals surface area contributed by atoms with Crippen LogP contribution in [0.5, 0.6) is 0 Å². The third-order valence-corrected chi connectivity index (χ3v) is 6.04. The number of benzene rings is 2. The summed E-state index contributed by atoms with van der Waals surface area (Å²) in [5, 5.41) is 5.28. The number of hydrogen-bond donors (Lipinski definition) is 1. The van der Waals surface area contributed by atoms with Crippen molar-refractivity contribution in [1.29, 1.82) is 0 Å². The summed E-state index contributed by atoms with van der Waals surface area (Å²) in [5.41, 5.74) is 3.23. The predicted octanol–water partition coefficient (Wildman–Crippen LogP) is 3.57. The van der Waals surface area contributed by atoms with Gasteiger partial charge in [0.15, 0.2) is 0 Å². The van der Waals surface area contributed by atoms with Gasteiger partial charge in [-0.05, 0) is 54.5 Å². The Morgan fingerprint density at radius 1 is 1.15 bits per heavy atom. The number of amides is 1. The molecule has 2 aromatic rings. The number of aryl methyl sites for hydroxylation is 1. The Morgan fingerprint density at radius 2 is 1.78 bits per heavy atom. The van der Waals surface area contributed by atoms with E-state index in [-0.39, 0.29) is 16.8 Å². The zero-order valence-electron chi connectivity index (χ0n) is 16.0. The summed E-state index contributed by atoms with van der Waals surface area (Å²) in [6.07, 6.45) is 1.95. The van der Waals surface area contributed by atoms with Gasteiger partial charge in [-0.25, -0.2) is 13.6 Å². The standard InChI is InChI=1S/C21H26N2O3S/c1-14(2)17-8-5-16(6-9-17)13-23(19-10-11-19)21(24)18-7-4-15(3)20(12-18)27(22,25)26/h4-9,12,14,19H,10-11,13H2,1-3H3,(H2,22,25,26). The SMILES string of the molecule is Cc1ccc(C(=O)N(Cc2ccc(C(C)C)cc2)C2CC2)cc1S(N)(=O)=O. The van der Waals surface area contributed by atoms with E-state index in [1.54, 1.807) is 19.1 Å². The average molecular weight is 387 g/mol. The molecule has 1 saturated carbocycles. The van der Waals surface area contributed by atoms with Crippen LogP contribution in [0.15, 0.2) is 47.4 Å². The minimum absolute atomic E-state index is 0.00498. The lowest BCUT2D eigenvalue weighted by molar-refractivity contribution is 0.0729. The highest BCUT2D eigenvalue weighted by Gasteiger charge is 2.33. The van der Waals surface area contributed by atoms with Crippen LogP contribution in [0.2, 0.25) is 0 Å². The van der Waals surface area contributed by atoms with Crippen LogP contribution in [-0.4, -0.2) is 25.3 Å². The summed E-state index contributed by atoms with van der Waals surface area (Å²) in [5.74, 6) is 0.305. The lowest BCUT2D eigenvalue weighted by Crippen LogP contribution is -2.32. The molecule has 0 bridgehead atoms. The monoisotopic (exact) mass is 386 g/mol. The van der Waals surface area contributed by atoms with Gasteiger partial charge in [0.2, 0.25) is 10.0 Å². The fourth-order valence-electron chi connectivity index (χ4n) is 3.16. The highest BCUT2D eigenvalue weighted by molar-refractivity contribution is 7.89. The molecule has 5 nitrogen and oxygen atoms in total. The summed E-state index contributed by atoms with van der Waals surface area (Å²) in [6, 6.07) is 13.2. The molecule has 27 heavy (non-hydrogen) atoms. The van der Waals surface area contributed by atoms with Gasteiger partial charge in [0.25, 0.3) is 5.91 Å². The van der Waals surface area contributed by atoms with E-state index in [1.165, 1.54) is 11.6 Å². The fraction of sp³-hybridized carbons (Fsp3) is 0.381. The molecule has 0 saturated heterocycles. The van der Waals surface area contributed by atoms with Crippen molar-refractivity contribution in [3.05, 3.63) is 64.7 Å². The first-order valence-corrected chi connectivity index (χ1v) is 10.7. The van der Waals surface area contributed by atoms with Gasteiger partial charge in [0.1, 0.15) is 0 Å². The van der Waals surface area contributed by atoms with Crippen molar-refractivity contribution in [2.45, 2.75) is 57.0 Å². The van der Waals surface area contributed by atoms with Crippen molar-refractivity contribution in [2.75, 3.05) is 0 Å². The molecule has 0 aliphatic heterocycles. The molecule has 0 heterocycles. The van der Waals surface area contributed by atoms with Gasteiger partial charge in [-0.3, -0.25) is 4.79 Å². The van der Waals surface area contributed by atoms with Gasteiger partial charge in [-0.1, -0.05) is 44.2 Å². The van der Waals surface area contributed by atoms with Crippen LogP contribution in [0, 0.1) is 6.92 Å². The predicted molar refractivity (Wildman–Crippen MR) is 106 cm³/mol. The third-order valence-electron chi connectivity index (χ3n) is 4.99. The van der Waals surface area contributed by atoms with Crippen LogP contribution in [0.1, 0.15) is 59.7 Å². The first-order valence-electron chi connectivity index (χ1n) is 9.20. The second-order valence-corrected chi connectivity index (χ2v) is 9.12. The number of nitrogens with two attached hydrogens (primary N) is 1. The highest BCUT2D eigenvalue weighted by Crippen LogP contribution is 2.30. The van der Waals surface area contributed by atoms with E-state index in [0.717, 1.165) is 18.4 Å². The second-order valence-electron chi connectivity index (χ2n) is 7.59. The van der Waals surface area contributed by atoms with Crippen molar-refractivity contribution < 1.29 is 13.2 Å². The maximum atomic E-state index is 13.1. The first-order chi connectivity index (χ1) is 12.7. The van der Waals surface area contributed by atoms with Crippen LogP contribution in [-0.2, 0) is 16.6 Å². The Labute approximate surface area is 161 Å². The van der Waals surface area contributed by atoms with Crippen molar-refractivity contribution in [2.24, 2.45) is 5.14 Å². The molecule has 1 aliphatic rings. The molecule has 1 aliphatic carbocycles. The van der Waals surface area contributed by atoms with E-state index in [0.29, 0.717) is 23.6 Å². The van der Waals surface area contributed by atoms with Crippen molar-refractivity contribution in [3.63, 3.8) is 0 Å². The summed E-state index contributed by atoms with van der Waals surface area (Å²) >= 11 is 0. The third kappa shape index (κ3) is 4.57. The van der Waals surface area contributed by atoms with E-state index >= 15 is 0 Å². The number of rotatable bonds is 6. The molecular weight excluding hydrogens is 360 g/mol. The molecule has 0 aromatic heterocycles. The molecule has 0 unspecified atom stereocenters. The fourth-order valence-corrected chi connectivity index (χ4v) is 3.97. The van der Waals surface area contributed by atoms with E-state index in [2.05, 4.69) is 38.1 Å². The Morgan fingerprint density at radius 3 is 2.30 bits per heavy atom. The smallest absolute Gasteiger partial charge is 0.254 e. The van der Waals surface area contributed by atoms with Crippen LogP contribution in [0.4, 0.5) is 0 Å². The van der Waals surface area contributed by atoms with Gasteiger partial charge < -0.3 is 4.90 Å². The second kappa shape index (κ2) is 7.44. The van der Waals surface area contributed by atoms with Gasteiger partial charge in [-0.2, -0.15) is 0 Å². The van der Waals surface area contributed by atoms with Gasteiger partial charge in [0.05, 0.1) is 4.90 Å². The molecule has 1 fully saturated rings. The highest BCUT2D eigenvalue weighted by atomic mass is 32.2. The van der Waals surface area contributed by atoms with Gasteiger partial charge in [0, 0.05) is 18.2 Å². The Hall–Kier alpha value is -2.18. The van der Waals surface area contributed by atoms with E-state index in [1.807, 2.05) is 4.90 Å². The van der Waals surface area contributed by atoms with Crippen LogP contribution < -0.4 is 5.14 Å². The lowest BCUT2D eigenvalue weighted by Gasteiger charge is -2.23. The molecule has 6 heteroatoms. The first kappa shape index (κ1) is 19.6. The summed E-state index contributed by atoms with van der Waals surface area (Å²) in [6.45, 7) is 6.48. The molecule has 3 rings (SSSR count). The average Bonchev–Trinajstić information content (AvgIpc) is 3.44. The number of primary sulfonamides is 1. The van der Waals surface area contributed by atoms with Crippen molar-refractivity contribution >= 4 is 15.9 Å². The number of sulfonamides is 1. The van der Waals surface area contributed by atoms with Gasteiger partial charge >= 0.3 is 0 Å². The maximum Gasteiger partial charge on any atom is 0.254 e. The zero-order chi connectivity index (χ0) is 19.8. The maximum absolute atomic E-state index is 13.1. The largest absolute Gasteiger partial charge is 0.331 e. The molecule has 144 valence electrons. The van der Waals surface area contributed by atoms with Gasteiger partial charge in [-0.15, -0.1) is 0 Å². The van der Waals surface area contributed by atoms with Crippen LogP contribution in [0.3, 0.4) is 0 Å². The molecular formula is C21H26N2O3S. The molecule has 0 spiro atoms. The number of carbonyl (C=O) groups excluding carboxylic acids is 1. The lowest BCUT2D eigenvalue weighted by atomic mass is 10.0. The minimum Gasteiger partial charge on any atom is -0.331 e. The summed E-state index contributed by atoms with van der Waals surface area (Å²) < 4.78 is 23.6. The normalized spacial score (nSPS) is 14.4. The number of carbonyl (C=O) groups is 1. The van der Waals surface area contributed by atoms with Crippen molar-refractivity contribution in [1.82, 2.24) is 4.90 Å².